The summed E-state index contributed by atoms with van der Waals surface area (Å²) in [7, 11) is 3.28. The largest absolute Gasteiger partial charge is 0.493 e. The number of hydrogen-bond acceptors (Lipinski definition) is 4. The lowest BCUT2D eigenvalue weighted by atomic mass is 9.52. The maximum Gasteiger partial charge on any atom is 0.174 e. The molecule has 1 saturated carbocycles. The van der Waals surface area contributed by atoms with E-state index in [1.165, 1.54) is 7.11 Å². The molecule has 4 aliphatic rings. The molecule has 4 heteroatoms. The number of rotatable bonds is 1. The average molecular weight is 303 g/mol. The van der Waals surface area contributed by atoms with Gasteiger partial charge in [-0.05, 0) is 50.4 Å². The zero-order chi connectivity index (χ0) is 18.6. The van der Waals surface area contributed by atoms with E-state index in [1.807, 2.05) is 11.9 Å². The van der Waals surface area contributed by atoms with Crippen molar-refractivity contribution in [3.63, 3.8) is 0 Å². The SMILES string of the molecule is [2H]c1c([2H])c(OC)c2c3c1C[C@@]1([2H])N(C)CC[C@@]34C(O2)C(=O)CC[C@]41[2H]. The van der Waals surface area contributed by atoms with Crippen molar-refractivity contribution in [3.8, 4) is 11.5 Å². The average Bonchev–Trinajstić information content (AvgIpc) is 2.95. The Morgan fingerprint density at radius 3 is 3.23 bits per heavy atom. The van der Waals surface area contributed by atoms with Gasteiger partial charge in [-0.1, -0.05) is 6.04 Å². The number of carbonyl (C=O) groups excluding carboxylic acids is 1. The summed E-state index contributed by atoms with van der Waals surface area (Å²) in [4.78, 5) is 14.7. The maximum atomic E-state index is 12.8. The Balaban J connectivity index is 1.94. The first kappa shape index (κ1) is 9.56. The summed E-state index contributed by atoms with van der Waals surface area (Å²) in [5.74, 6) is -0.731. The minimum atomic E-state index is -1.25. The van der Waals surface area contributed by atoms with Crippen LogP contribution < -0.4 is 9.47 Å². The normalized spacial score (nSPS) is 47.7. The van der Waals surface area contributed by atoms with Crippen molar-refractivity contribution in [3.05, 3.63) is 23.2 Å². The quantitative estimate of drug-likeness (QED) is 0.795. The second-order valence-electron chi connectivity index (χ2n) is 6.68. The molecule has 116 valence electrons. The van der Waals surface area contributed by atoms with Crippen LogP contribution >= 0.6 is 0 Å². The fraction of sp³-hybridized carbons (Fsp3) is 0.611. The second kappa shape index (κ2) is 4.05. The molecule has 1 saturated heterocycles. The van der Waals surface area contributed by atoms with Crippen LogP contribution in [0.15, 0.2) is 12.1 Å². The molecule has 0 N–H and O–H groups in total. The Morgan fingerprint density at radius 2 is 2.41 bits per heavy atom. The highest BCUT2D eigenvalue weighted by molar-refractivity contribution is 5.89. The Hall–Kier alpha value is -1.55. The van der Waals surface area contributed by atoms with E-state index in [9.17, 15) is 7.54 Å². The van der Waals surface area contributed by atoms with Crippen LogP contribution in [0.4, 0.5) is 0 Å². The summed E-state index contributed by atoms with van der Waals surface area (Å²) in [5, 5.41) is 0. The van der Waals surface area contributed by atoms with E-state index in [0.29, 0.717) is 36.3 Å². The number of hydrogen-bond donors (Lipinski definition) is 0. The lowest BCUT2D eigenvalue weighted by Gasteiger charge is -2.57. The van der Waals surface area contributed by atoms with Gasteiger partial charge in [0.25, 0.3) is 0 Å². The van der Waals surface area contributed by atoms with Crippen molar-refractivity contribution >= 4 is 5.78 Å². The zero-order valence-corrected chi connectivity index (χ0v) is 12.8. The monoisotopic (exact) mass is 303 g/mol. The Kier molecular flexibility index (Phi) is 1.76. The summed E-state index contributed by atoms with van der Waals surface area (Å²) in [6, 6.07) is -1.30. The molecule has 2 fully saturated rings. The standard InChI is InChI=1S/C18H21NO3/c1-19-8-7-18-11-4-5-13(20)17(18)22-16-14(21-2)6-3-10(15(16)18)9-12(11)19/h3,6,11-12,17H,4-5,7-9H2,1-2H3/t11-,12+,17?,18-/m0/s1/i3D,6D,11D,12D. The van der Waals surface area contributed by atoms with Crippen molar-refractivity contribution in [2.45, 2.75) is 43.2 Å². The Bertz CT molecular complexity index is 877. The van der Waals surface area contributed by atoms with Crippen molar-refractivity contribution in [2.24, 2.45) is 5.89 Å². The molecule has 1 unspecified atom stereocenters. The van der Waals surface area contributed by atoms with Gasteiger partial charge in [0.15, 0.2) is 23.4 Å². The van der Waals surface area contributed by atoms with Gasteiger partial charge in [0.05, 0.1) is 9.85 Å². The van der Waals surface area contributed by atoms with Gasteiger partial charge in [-0.2, -0.15) is 0 Å². The third kappa shape index (κ3) is 1.27. The number of likely N-dealkylation sites (tertiary alicyclic amines) is 1. The molecule has 0 aromatic heterocycles. The first-order valence-electron chi connectivity index (χ1n) is 9.84. The smallest absolute Gasteiger partial charge is 0.174 e. The number of nitrogens with zero attached hydrogens (tertiary/aromatic N) is 1. The number of ether oxygens (including phenoxy) is 2. The highest BCUT2D eigenvalue weighted by Gasteiger charge is 2.65. The van der Waals surface area contributed by atoms with Crippen LogP contribution in [0, 0.1) is 5.89 Å². The molecule has 2 bridgehead atoms. The Morgan fingerprint density at radius 1 is 1.55 bits per heavy atom. The van der Waals surface area contributed by atoms with Crippen LogP contribution in [0.5, 0.6) is 11.5 Å². The van der Waals surface area contributed by atoms with Gasteiger partial charge < -0.3 is 14.4 Å². The molecule has 2 heterocycles. The number of benzene rings is 1. The van der Waals surface area contributed by atoms with Crippen LogP contribution in [-0.4, -0.2) is 43.5 Å². The minimum Gasteiger partial charge on any atom is -0.493 e. The molecule has 1 aromatic carbocycles. The van der Waals surface area contributed by atoms with E-state index >= 15 is 0 Å². The predicted molar refractivity (Wildman–Crippen MR) is 81.6 cm³/mol. The number of methoxy groups -OCH3 is 1. The van der Waals surface area contributed by atoms with Crippen LogP contribution in [0.3, 0.4) is 0 Å². The van der Waals surface area contributed by atoms with Crippen LogP contribution in [-0.2, 0) is 16.6 Å². The van der Waals surface area contributed by atoms with Crippen molar-refractivity contribution in [1.29, 1.82) is 0 Å². The molecule has 0 radical (unpaired) electrons. The molecule has 0 amide bonds. The van der Waals surface area contributed by atoms with E-state index in [1.54, 1.807) is 0 Å². The van der Waals surface area contributed by atoms with Gasteiger partial charge in [0, 0.05) is 26.2 Å². The number of carbonyl (C=O) groups is 1. The van der Waals surface area contributed by atoms with Crippen molar-refractivity contribution in [1.82, 2.24) is 4.90 Å². The van der Waals surface area contributed by atoms with E-state index in [0.717, 1.165) is 0 Å². The van der Waals surface area contributed by atoms with Gasteiger partial charge in [-0.25, -0.2) is 0 Å². The third-order valence-corrected chi connectivity index (χ3v) is 5.84. The number of Topliss-reactive ketones (excluding diaryl/α,β-unsaturated/α-hetero) is 1. The summed E-state index contributed by atoms with van der Waals surface area (Å²) in [5.41, 5.74) is 0.336. The van der Waals surface area contributed by atoms with Gasteiger partial charge in [0.2, 0.25) is 0 Å². The van der Waals surface area contributed by atoms with E-state index in [2.05, 4.69) is 0 Å². The van der Waals surface area contributed by atoms with Crippen LogP contribution in [0.25, 0.3) is 0 Å². The zero-order valence-electron chi connectivity index (χ0n) is 16.8. The Labute approximate surface area is 136 Å². The van der Waals surface area contributed by atoms with Gasteiger partial charge in [-0.3, -0.25) is 4.79 Å². The summed E-state index contributed by atoms with van der Waals surface area (Å²) < 4.78 is 47.0. The summed E-state index contributed by atoms with van der Waals surface area (Å²) in [6.07, 6.45) is 0.435. The molecule has 1 aromatic rings. The van der Waals surface area contributed by atoms with Crippen molar-refractivity contribution in [2.75, 3.05) is 20.7 Å². The minimum absolute atomic E-state index is 0.0243. The lowest BCUT2D eigenvalue weighted by molar-refractivity contribution is -0.138. The molecule has 2 aliphatic carbocycles. The van der Waals surface area contributed by atoms with Gasteiger partial charge in [-0.15, -0.1) is 0 Å². The number of piperidine rings is 1. The molecule has 4 nitrogen and oxygen atoms in total. The first-order chi connectivity index (χ1) is 12.2. The van der Waals surface area contributed by atoms with E-state index in [-0.39, 0.29) is 36.5 Å². The van der Waals surface area contributed by atoms with Crippen molar-refractivity contribution < 1.29 is 19.8 Å². The maximum absolute atomic E-state index is 12.8. The third-order valence-electron chi connectivity index (χ3n) is 5.84. The van der Waals surface area contributed by atoms with Gasteiger partial charge in [0.1, 0.15) is 0 Å². The first-order valence-corrected chi connectivity index (χ1v) is 7.84. The number of ketones is 1. The fourth-order valence-electron chi connectivity index (χ4n) is 4.89. The van der Waals surface area contributed by atoms with Crippen LogP contribution in [0.1, 0.15) is 35.9 Å². The lowest BCUT2D eigenvalue weighted by Crippen LogP contribution is -2.65. The summed E-state index contributed by atoms with van der Waals surface area (Å²) in [6.45, 7) is 0.592. The molecule has 4 atom stereocenters. The second-order valence-corrected chi connectivity index (χ2v) is 6.68. The molecular weight excluding hydrogens is 278 g/mol. The highest BCUT2D eigenvalue weighted by atomic mass is 16.5. The van der Waals surface area contributed by atoms with E-state index < -0.39 is 23.4 Å². The molecule has 5 rings (SSSR count). The molecule has 2 aliphatic heterocycles. The topological polar surface area (TPSA) is 38.8 Å². The summed E-state index contributed by atoms with van der Waals surface area (Å²) >= 11 is 0. The molecular formula is C18H21NO3. The van der Waals surface area contributed by atoms with E-state index in [4.69, 9.17) is 12.2 Å². The molecule has 1 spiro atoms. The van der Waals surface area contributed by atoms with Crippen LogP contribution in [0.2, 0.25) is 0 Å². The predicted octanol–water partition coefficient (Wildman–Crippen LogP) is 1.93. The molecule has 22 heavy (non-hydrogen) atoms. The van der Waals surface area contributed by atoms with Gasteiger partial charge >= 0.3 is 0 Å². The fourth-order valence-corrected chi connectivity index (χ4v) is 4.89. The number of likely N-dealkylation sites (N-methyl/N-ethyl adjacent to an activating group) is 1. The highest BCUT2D eigenvalue weighted by Crippen LogP contribution is 2.62.